The third-order valence-electron chi connectivity index (χ3n) is 2.31. The van der Waals surface area contributed by atoms with E-state index in [0.717, 1.165) is 12.8 Å². The molecular formula is C12H18O2. The molecule has 0 radical (unpaired) electrons. The molecular weight excluding hydrogens is 176 g/mol. The molecule has 1 aliphatic rings. The molecule has 1 unspecified atom stereocenters. The molecule has 0 aliphatic heterocycles. The van der Waals surface area contributed by atoms with E-state index in [1.165, 1.54) is 0 Å². The smallest absolute Gasteiger partial charge is 0.0905 e. The van der Waals surface area contributed by atoms with Gasteiger partial charge in [0.25, 0.3) is 0 Å². The fourth-order valence-corrected chi connectivity index (χ4v) is 1.49. The molecule has 0 heterocycles. The number of hydrogen-bond donors (Lipinski definition) is 2. The summed E-state index contributed by atoms with van der Waals surface area (Å²) in [7, 11) is 0. The van der Waals surface area contributed by atoms with Crippen LogP contribution in [0.15, 0.2) is 36.5 Å². The number of rotatable bonds is 3. The van der Waals surface area contributed by atoms with Crippen LogP contribution in [0.5, 0.6) is 0 Å². The minimum Gasteiger partial charge on any atom is -0.392 e. The molecule has 0 bridgehead atoms. The molecule has 14 heavy (non-hydrogen) atoms. The van der Waals surface area contributed by atoms with E-state index >= 15 is 0 Å². The van der Waals surface area contributed by atoms with Crippen LogP contribution in [0.1, 0.15) is 19.8 Å². The highest BCUT2D eigenvalue weighted by Crippen LogP contribution is 2.15. The van der Waals surface area contributed by atoms with Gasteiger partial charge in [0.15, 0.2) is 0 Å². The van der Waals surface area contributed by atoms with Crippen LogP contribution in [-0.4, -0.2) is 22.4 Å². The molecule has 0 aromatic rings. The maximum Gasteiger partial charge on any atom is 0.0905 e. The predicted molar refractivity (Wildman–Crippen MR) is 57.8 cm³/mol. The van der Waals surface area contributed by atoms with Crippen LogP contribution in [0.2, 0.25) is 0 Å². The van der Waals surface area contributed by atoms with Gasteiger partial charge in [-0.1, -0.05) is 49.8 Å². The average Bonchev–Trinajstić information content (AvgIpc) is 2.12. The first-order chi connectivity index (χ1) is 6.74. The summed E-state index contributed by atoms with van der Waals surface area (Å²) < 4.78 is 0. The van der Waals surface area contributed by atoms with Crippen molar-refractivity contribution >= 4 is 0 Å². The second kappa shape index (κ2) is 5.78. The Balaban J connectivity index is 2.64. The zero-order valence-corrected chi connectivity index (χ0v) is 8.50. The van der Waals surface area contributed by atoms with Crippen molar-refractivity contribution < 1.29 is 10.2 Å². The Morgan fingerprint density at radius 3 is 2.57 bits per heavy atom. The summed E-state index contributed by atoms with van der Waals surface area (Å²) in [5.41, 5.74) is 0. The monoisotopic (exact) mass is 194 g/mol. The first kappa shape index (κ1) is 11.2. The summed E-state index contributed by atoms with van der Waals surface area (Å²) in [5.74, 6) is 0.0227. The lowest BCUT2D eigenvalue weighted by molar-refractivity contribution is 0.137. The molecule has 0 aromatic heterocycles. The topological polar surface area (TPSA) is 40.5 Å². The number of aliphatic hydroxyl groups is 2. The van der Waals surface area contributed by atoms with Crippen LogP contribution in [0.4, 0.5) is 0 Å². The van der Waals surface area contributed by atoms with Crippen molar-refractivity contribution in [3.8, 4) is 0 Å². The van der Waals surface area contributed by atoms with E-state index in [-0.39, 0.29) is 12.0 Å². The van der Waals surface area contributed by atoms with Crippen LogP contribution in [0.3, 0.4) is 0 Å². The summed E-state index contributed by atoms with van der Waals surface area (Å²) in [6.07, 6.45) is 11.8. The van der Waals surface area contributed by atoms with Gasteiger partial charge in [-0.2, -0.15) is 0 Å². The molecule has 78 valence electrons. The summed E-state index contributed by atoms with van der Waals surface area (Å²) in [4.78, 5) is 0. The van der Waals surface area contributed by atoms with Gasteiger partial charge in [0.1, 0.15) is 0 Å². The van der Waals surface area contributed by atoms with Crippen molar-refractivity contribution in [1.82, 2.24) is 0 Å². The third kappa shape index (κ3) is 3.48. The fourth-order valence-electron chi connectivity index (χ4n) is 1.49. The highest BCUT2D eigenvalue weighted by Gasteiger charge is 2.12. The Morgan fingerprint density at radius 2 is 1.86 bits per heavy atom. The van der Waals surface area contributed by atoms with Crippen molar-refractivity contribution in [2.45, 2.75) is 32.0 Å². The van der Waals surface area contributed by atoms with Crippen LogP contribution in [-0.2, 0) is 0 Å². The van der Waals surface area contributed by atoms with Crippen molar-refractivity contribution in [2.75, 3.05) is 0 Å². The van der Waals surface area contributed by atoms with Gasteiger partial charge >= 0.3 is 0 Å². The molecule has 2 heteroatoms. The molecule has 0 aromatic carbocycles. The molecule has 0 saturated carbocycles. The maximum atomic E-state index is 9.77. The Kier molecular flexibility index (Phi) is 4.63. The van der Waals surface area contributed by atoms with E-state index in [4.69, 9.17) is 0 Å². The molecule has 0 fully saturated rings. The van der Waals surface area contributed by atoms with E-state index in [1.807, 2.05) is 25.2 Å². The minimum absolute atomic E-state index is 0.0227. The van der Waals surface area contributed by atoms with Crippen LogP contribution in [0.25, 0.3) is 0 Å². The largest absolute Gasteiger partial charge is 0.392 e. The fraction of sp³-hybridized carbons (Fsp3) is 0.500. The van der Waals surface area contributed by atoms with Crippen molar-refractivity contribution in [1.29, 1.82) is 0 Å². The summed E-state index contributed by atoms with van der Waals surface area (Å²) in [6, 6.07) is 0. The summed E-state index contributed by atoms with van der Waals surface area (Å²) in [6.45, 7) is 2.05. The van der Waals surface area contributed by atoms with E-state index in [9.17, 15) is 10.2 Å². The highest BCUT2D eigenvalue weighted by molar-refractivity contribution is 5.17. The Labute approximate surface area is 85.3 Å². The van der Waals surface area contributed by atoms with E-state index in [1.54, 1.807) is 18.2 Å². The first-order valence-corrected chi connectivity index (χ1v) is 5.13. The molecule has 0 spiro atoms. The van der Waals surface area contributed by atoms with Crippen molar-refractivity contribution in [3.05, 3.63) is 36.5 Å². The first-order valence-electron chi connectivity index (χ1n) is 5.13. The second-order valence-electron chi connectivity index (χ2n) is 3.58. The quantitative estimate of drug-likeness (QED) is 0.673. The van der Waals surface area contributed by atoms with Gasteiger partial charge < -0.3 is 10.2 Å². The van der Waals surface area contributed by atoms with Gasteiger partial charge in [-0.3, -0.25) is 0 Å². The molecule has 0 saturated heterocycles. The SMILES string of the molecule is CCCC(O)[C@H]1C=C/C=C\[C@@H](O)C=C1. The number of hydrogen-bond acceptors (Lipinski definition) is 2. The molecule has 3 atom stereocenters. The lowest BCUT2D eigenvalue weighted by atomic mass is 9.96. The van der Waals surface area contributed by atoms with Gasteiger partial charge in [0, 0.05) is 5.92 Å². The number of allylic oxidation sites excluding steroid dienone is 2. The van der Waals surface area contributed by atoms with Gasteiger partial charge in [0.2, 0.25) is 0 Å². The lowest BCUT2D eigenvalue weighted by Gasteiger charge is -2.16. The Hall–Kier alpha value is -0.860. The predicted octanol–water partition coefficient (Wildman–Crippen LogP) is 1.81. The van der Waals surface area contributed by atoms with Crippen molar-refractivity contribution in [2.24, 2.45) is 5.92 Å². The lowest BCUT2D eigenvalue weighted by Crippen LogP contribution is -2.17. The van der Waals surface area contributed by atoms with Crippen LogP contribution < -0.4 is 0 Å². The van der Waals surface area contributed by atoms with Gasteiger partial charge in [0.05, 0.1) is 12.2 Å². The summed E-state index contributed by atoms with van der Waals surface area (Å²) >= 11 is 0. The number of aliphatic hydroxyl groups excluding tert-OH is 2. The molecule has 0 amide bonds. The van der Waals surface area contributed by atoms with Crippen molar-refractivity contribution in [3.63, 3.8) is 0 Å². The Morgan fingerprint density at radius 1 is 1.14 bits per heavy atom. The zero-order chi connectivity index (χ0) is 10.4. The minimum atomic E-state index is -0.531. The van der Waals surface area contributed by atoms with Crippen LogP contribution >= 0.6 is 0 Å². The normalized spacial score (nSPS) is 30.8. The van der Waals surface area contributed by atoms with Gasteiger partial charge in [-0.05, 0) is 6.42 Å². The molecule has 2 N–H and O–H groups in total. The van der Waals surface area contributed by atoms with Gasteiger partial charge in [-0.25, -0.2) is 0 Å². The standard InChI is InChI=1S/C12H18O2/c1-2-5-12(14)10-6-3-4-7-11(13)9-8-10/h3-4,6-14H,2,5H2,1H3/b6-3?,7-4-,9-8?/t10-,11+,12?/m0/s1. The maximum absolute atomic E-state index is 9.77. The van der Waals surface area contributed by atoms with E-state index < -0.39 is 6.10 Å². The highest BCUT2D eigenvalue weighted by atomic mass is 16.3. The van der Waals surface area contributed by atoms with E-state index in [0.29, 0.717) is 0 Å². The van der Waals surface area contributed by atoms with Gasteiger partial charge in [-0.15, -0.1) is 0 Å². The average molecular weight is 194 g/mol. The molecule has 1 rings (SSSR count). The zero-order valence-electron chi connectivity index (χ0n) is 8.50. The summed E-state index contributed by atoms with van der Waals surface area (Å²) in [5, 5.41) is 19.1. The van der Waals surface area contributed by atoms with E-state index in [2.05, 4.69) is 0 Å². The molecule has 1 aliphatic carbocycles. The van der Waals surface area contributed by atoms with Crippen LogP contribution in [0, 0.1) is 5.92 Å². The Bertz CT molecular complexity index is 241. The second-order valence-corrected chi connectivity index (χ2v) is 3.58. The third-order valence-corrected chi connectivity index (χ3v) is 2.31. The molecule has 2 nitrogen and oxygen atoms in total.